The van der Waals surface area contributed by atoms with Crippen LogP contribution in [-0.4, -0.2) is 12.5 Å². The zero-order valence-electron chi connectivity index (χ0n) is 12.1. The summed E-state index contributed by atoms with van der Waals surface area (Å²) in [4.78, 5) is 12.1. The highest BCUT2D eigenvalue weighted by Crippen LogP contribution is 2.25. The van der Waals surface area contributed by atoms with Crippen molar-refractivity contribution in [3.8, 4) is 0 Å². The molecule has 23 heavy (non-hydrogen) atoms. The van der Waals surface area contributed by atoms with E-state index >= 15 is 0 Å². The molecule has 0 aliphatic carbocycles. The molecule has 116 valence electrons. The Labute approximate surface area is 144 Å². The molecule has 3 aromatic rings. The molecule has 0 saturated heterocycles. The Morgan fingerprint density at radius 3 is 2.52 bits per heavy atom. The van der Waals surface area contributed by atoms with Gasteiger partial charge < -0.3 is 10.6 Å². The van der Waals surface area contributed by atoms with Crippen LogP contribution in [-0.2, 0) is 4.79 Å². The van der Waals surface area contributed by atoms with E-state index in [0.29, 0.717) is 15.7 Å². The van der Waals surface area contributed by atoms with E-state index in [0.717, 1.165) is 16.5 Å². The van der Waals surface area contributed by atoms with Crippen LogP contribution in [0, 0.1) is 0 Å². The number of carbonyl (C=O) groups excluding carboxylic acids is 1. The van der Waals surface area contributed by atoms with E-state index < -0.39 is 0 Å². The first-order chi connectivity index (χ1) is 11.1. The molecule has 3 rings (SSSR count). The number of rotatable bonds is 4. The van der Waals surface area contributed by atoms with Crippen LogP contribution in [0.4, 0.5) is 11.4 Å². The topological polar surface area (TPSA) is 41.1 Å². The summed E-state index contributed by atoms with van der Waals surface area (Å²) in [6.45, 7) is 0.146. The summed E-state index contributed by atoms with van der Waals surface area (Å²) < 4.78 is 0. The first-order valence-electron chi connectivity index (χ1n) is 7.10. The highest BCUT2D eigenvalue weighted by atomic mass is 35.5. The fourth-order valence-electron chi connectivity index (χ4n) is 2.34. The lowest BCUT2D eigenvalue weighted by Gasteiger charge is -2.11. The lowest BCUT2D eigenvalue weighted by molar-refractivity contribution is -0.114. The maximum atomic E-state index is 12.1. The molecular weight excluding hydrogens is 331 g/mol. The van der Waals surface area contributed by atoms with Crippen LogP contribution >= 0.6 is 23.2 Å². The molecule has 0 bridgehead atoms. The molecule has 0 unspecified atom stereocenters. The third kappa shape index (κ3) is 3.76. The van der Waals surface area contributed by atoms with Gasteiger partial charge in [0.25, 0.3) is 0 Å². The molecule has 2 N–H and O–H groups in total. The van der Waals surface area contributed by atoms with Crippen molar-refractivity contribution in [2.75, 3.05) is 17.2 Å². The van der Waals surface area contributed by atoms with Crippen molar-refractivity contribution >= 4 is 51.3 Å². The molecule has 0 aliphatic heterocycles. The largest absolute Gasteiger partial charge is 0.376 e. The van der Waals surface area contributed by atoms with Crippen LogP contribution < -0.4 is 10.6 Å². The number of hydrogen-bond donors (Lipinski definition) is 2. The Morgan fingerprint density at radius 1 is 0.913 bits per heavy atom. The van der Waals surface area contributed by atoms with Crippen molar-refractivity contribution in [3.63, 3.8) is 0 Å². The Balaban J connectivity index is 1.69. The second-order valence-corrected chi connectivity index (χ2v) is 5.90. The number of anilines is 2. The maximum absolute atomic E-state index is 12.1. The maximum Gasteiger partial charge on any atom is 0.243 e. The van der Waals surface area contributed by atoms with Crippen molar-refractivity contribution in [3.05, 3.63) is 70.7 Å². The lowest BCUT2D eigenvalue weighted by atomic mass is 10.1. The highest BCUT2D eigenvalue weighted by Gasteiger charge is 2.07. The van der Waals surface area contributed by atoms with Gasteiger partial charge in [0.15, 0.2) is 0 Å². The standard InChI is InChI=1S/C18H14Cl2N2O/c19-13-8-9-17(15(20)10-13)22-18(23)11-21-16-7-3-5-12-4-1-2-6-14(12)16/h1-10,21H,11H2,(H,22,23). The first kappa shape index (κ1) is 15.7. The van der Waals surface area contributed by atoms with Crippen LogP contribution in [0.5, 0.6) is 0 Å². The summed E-state index contributed by atoms with van der Waals surface area (Å²) in [5, 5.41) is 9.06. The van der Waals surface area contributed by atoms with Gasteiger partial charge in [-0.15, -0.1) is 0 Å². The summed E-state index contributed by atoms with van der Waals surface area (Å²) in [5.74, 6) is -0.179. The molecule has 0 saturated carbocycles. The van der Waals surface area contributed by atoms with E-state index in [1.807, 2.05) is 42.5 Å². The van der Waals surface area contributed by atoms with E-state index in [-0.39, 0.29) is 12.5 Å². The Morgan fingerprint density at radius 2 is 1.70 bits per heavy atom. The molecule has 5 heteroatoms. The third-order valence-electron chi connectivity index (χ3n) is 3.43. The molecule has 0 heterocycles. The van der Waals surface area contributed by atoms with Crippen LogP contribution in [0.15, 0.2) is 60.7 Å². The van der Waals surface area contributed by atoms with Crippen molar-refractivity contribution in [1.82, 2.24) is 0 Å². The van der Waals surface area contributed by atoms with Crippen LogP contribution in [0.3, 0.4) is 0 Å². The van der Waals surface area contributed by atoms with E-state index in [1.54, 1.807) is 18.2 Å². The number of hydrogen-bond acceptors (Lipinski definition) is 2. The molecule has 0 fully saturated rings. The summed E-state index contributed by atoms with van der Waals surface area (Å²) >= 11 is 11.9. The van der Waals surface area contributed by atoms with Crippen LogP contribution in [0.25, 0.3) is 10.8 Å². The Kier molecular flexibility index (Phi) is 4.70. The minimum atomic E-state index is -0.179. The second kappa shape index (κ2) is 6.90. The van der Waals surface area contributed by atoms with Crippen molar-refractivity contribution in [1.29, 1.82) is 0 Å². The first-order valence-corrected chi connectivity index (χ1v) is 7.85. The van der Waals surface area contributed by atoms with Gasteiger partial charge >= 0.3 is 0 Å². The summed E-state index contributed by atoms with van der Waals surface area (Å²) in [7, 11) is 0. The lowest BCUT2D eigenvalue weighted by Crippen LogP contribution is -2.22. The monoisotopic (exact) mass is 344 g/mol. The summed E-state index contributed by atoms with van der Waals surface area (Å²) in [6, 6.07) is 18.9. The van der Waals surface area contributed by atoms with Gasteiger partial charge in [-0.05, 0) is 29.7 Å². The quantitative estimate of drug-likeness (QED) is 0.683. The van der Waals surface area contributed by atoms with Crippen molar-refractivity contribution < 1.29 is 4.79 Å². The summed E-state index contributed by atoms with van der Waals surface area (Å²) in [6.07, 6.45) is 0. The molecule has 1 amide bonds. The van der Waals surface area contributed by atoms with E-state index in [1.165, 1.54) is 0 Å². The minimum Gasteiger partial charge on any atom is -0.376 e. The van der Waals surface area contributed by atoms with Gasteiger partial charge in [0, 0.05) is 16.1 Å². The fraction of sp³-hybridized carbons (Fsp3) is 0.0556. The number of carbonyl (C=O) groups is 1. The van der Waals surface area contributed by atoms with Gasteiger partial charge in [-0.1, -0.05) is 59.6 Å². The number of nitrogens with one attached hydrogen (secondary N) is 2. The third-order valence-corrected chi connectivity index (χ3v) is 3.98. The number of halogens is 2. The Bertz CT molecular complexity index is 859. The molecule has 0 aliphatic rings. The van der Waals surface area contributed by atoms with Gasteiger partial charge in [0.05, 0.1) is 17.3 Å². The minimum absolute atomic E-state index is 0.146. The zero-order valence-corrected chi connectivity index (χ0v) is 13.7. The van der Waals surface area contributed by atoms with Crippen molar-refractivity contribution in [2.45, 2.75) is 0 Å². The van der Waals surface area contributed by atoms with E-state index in [2.05, 4.69) is 10.6 Å². The molecule has 3 nitrogen and oxygen atoms in total. The van der Waals surface area contributed by atoms with Gasteiger partial charge in [-0.25, -0.2) is 0 Å². The SMILES string of the molecule is O=C(CNc1cccc2ccccc12)Nc1ccc(Cl)cc1Cl. The zero-order chi connectivity index (χ0) is 16.2. The van der Waals surface area contributed by atoms with Crippen molar-refractivity contribution in [2.24, 2.45) is 0 Å². The number of amides is 1. The van der Waals surface area contributed by atoms with Crippen LogP contribution in [0.1, 0.15) is 0 Å². The normalized spacial score (nSPS) is 10.5. The summed E-state index contributed by atoms with van der Waals surface area (Å²) in [5.41, 5.74) is 1.46. The number of benzene rings is 3. The van der Waals surface area contributed by atoms with Gasteiger partial charge in [0.2, 0.25) is 5.91 Å². The predicted molar refractivity (Wildman–Crippen MR) is 97.5 cm³/mol. The fourth-order valence-corrected chi connectivity index (χ4v) is 2.80. The Hall–Kier alpha value is -2.23. The van der Waals surface area contributed by atoms with Gasteiger partial charge in [-0.2, -0.15) is 0 Å². The van der Waals surface area contributed by atoms with Gasteiger partial charge in [0.1, 0.15) is 0 Å². The smallest absolute Gasteiger partial charge is 0.243 e. The molecular formula is C18H14Cl2N2O. The second-order valence-electron chi connectivity index (χ2n) is 5.05. The molecule has 0 atom stereocenters. The number of fused-ring (bicyclic) bond motifs is 1. The van der Waals surface area contributed by atoms with E-state index in [4.69, 9.17) is 23.2 Å². The molecule has 0 aromatic heterocycles. The van der Waals surface area contributed by atoms with E-state index in [9.17, 15) is 4.79 Å². The average molecular weight is 345 g/mol. The van der Waals surface area contributed by atoms with Gasteiger partial charge in [-0.3, -0.25) is 4.79 Å². The predicted octanol–water partition coefficient (Wildman–Crippen LogP) is 5.20. The highest BCUT2D eigenvalue weighted by molar-refractivity contribution is 6.36. The molecule has 0 radical (unpaired) electrons. The molecule has 0 spiro atoms. The van der Waals surface area contributed by atoms with Crippen LogP contribution in [0.2, 0.25) is 10.0 Å². The molecule has 3 aromatic carbocycles. The average Bonchev–Trinajstić information content (AvgIpc) is 2.55.